The van der Waals surface area contributed by atoms with Crippen LogP contribution in [0.4, 0.5) is 22.7 Å². The van der Waals surface area contributed by atoms with Crippen molar-refractivity contribution in [3.05, 3.63) is 11.1 Å². The summed E-state index contributed by atoms with van der Waals surface area (Å²) in [5.74, 6) is -0.0815. The van der Waals surface area contributed by atoms with Crippen molar-refractivity contribution in [1.82, 2.24) is 4.98 Å². The molecule has 17 heavy (non-hydrogen) atoms. The van der Waals surface area contributed by atoms with E-state index in [-0.39, 0.29) is 5.92 Å². The molecule has 1 aromatic rings. The van der Waals surface area contributed by atoms with Crippen LogP contribution in [0, 0.1) is 5.92 Å². The van der Waals surface area contributed by atoms with E-state index in [4.69, 9.17) is 0 Å². The van der Waals surface area contributed by atoms with Crippen molar-refractivity contribution in [2.75, 3.05) is 24.7 Å². The Bertz CT molecular complexity index is 377. The molecule has 0 aliphatic carbocycles. The van der Waals surface area contributed by atoms with Gasteiger partial charge in [0.2, 0.25) is 0 Å². The lowest BCUT2D eigenvalue weighted by Crippen LogP contribution is -2.36. The standard InChI is InChI=1S/C10H12F4N2S/c11-4-7-2-1-3-16(5-7)9-15-8(6-17-9)10(12,13)14/h6-7H,1-5H2. The van der Waals surface area contributed by atoms with Gasteiger partial charge in [-0.3, -0.25) is 4.39 Å². The van der Waals surface area contributed by atoms with Crippen LogP contribution < -0.4 is 4.90 Å². The monoisotopic (exact) mass is 268 g/mol. The molecule has 1 fully saturated rings. The Morgan fingerprint density at radius 3 is 2.82 bits per heavy atom. The van der Waals surface area contributed by atoms with Crippen LogP contribution in [0.2, 0.25) is 0 Å². The van der Waals surface area contributed by atoms with Gasteiger partial charge in [-0.05, 0) is 12.8 Å². The molecule has 0 radical (unpaired) electrons. The van der Waals surface area contributed by atoms with E-state index in [9.17, 15) is 17.6 Å². The van der Waals surface area contributed by atoms with Gasteiger partial charge in [0.15, 0.2) is 10.8 Å². The first-order chi connectivity index (χ1) is 8.00. The number of thiazole rings is 1. The summed E-state index contributed by atoms with van der Waals surface area (Å²) >= 11 is 0.968. The van der Waals surface area contributed by atoms with E-state index in [1.165, 1.54) is 0 Å². The lowest BCUT2D eigenvalue weighted by atomic mass is 10.0. The molecular formula is C10H12F4N2S. The molecule has 1 saturated heterocycles. The fourth-order valence-electron chi connectivity index (χ4n) is 1.90. The maximum absolute atomic E-state index is 12.5. The van der Waals surface area contributed by atoms with Crippen molar-refractivity contribution in [3.8, 4) is 0 Å². The van der Waals surface area contributed by atoms with Crippen LogP contribution in [0.25, 0.3) is 0 Å². The number of halogens is 4. The second-order valence-electron chi connectivity index (χ2n) is 4.12. The molecule has 0 spiro atoms. The van der Waals surface area contributed by atoms with Crippen molar-refractivity contribution in [3.63, 3.8) is 0 Å². The van der Waals surface area contributed by atoms with Gasteiger partial charge in [0.1, 0.15) is 0 Å². The Kier molecular flexibility index (Phi) is 3.56. The number of hydrogen-bond acceptors (Lipinski definition) is 3. The highest BCUT2D eigenvalue weighted by atomic mass is 32.1. The molecule has 1 unspecified atom stereocenters. The van der Waals surface area contributed by atoms with Crippen LogP contribution in [-0.4, -0.2) is 24.7 Å². The van der Waals surface area contributed by atoms with E-state index < -0.39 is 18.5 Å². The quantitative estimate of drug-likeness (QED) is 0.765. The Hall–Kier alpha value is -0.850. The minimum absolute atomic E-state index is 0.0815. The largest absolute Gasteiger partial charge is 0.434 e. The molecule has 0 N–H and O–H groups in total. The highest BCUT2D eigenvalue weighted by molar-refractivity contribution is 7.13. The molecule has 2 heterocycles. The number of anilines is 1. The second kappa shape index (κ2) is 4.80. The lowest BCUT2D eigenvalue weighted by Gasteiger charge is -2.31. The smallest absolute Gasteiger partial charge is 0.348 e. The number of alkyl halides is 4. The van der Waals surface area contributed by atoms with E-state index >= 15 is 0 Å². The first kappa shape index (κ1) is 12.6. The van der Waals surface area contributed by atoms with Gasteiger partial charge in [0.05, 0.1) is 6.67 Å². The van der Waals surface area contributed by atoms with Gasteiger partial charge in [-0.1, -0.05) is 0 Å². The van der Waals surface area contributed by atoms with Gasteiger partial charge in [-0.15, -0.1) is 11.3 Å². The van der Waals surface area contributed by atoms with Crippen molar-refractivity contribution >= 4 is 16.5 Å². The van der Waals surface area contributed by atoms with E-state index in [0.29, 0.717) is 18.2 Å². The summed E-state index contributed by atoms with van der Waals surface area (Å²) in [7, 11) is 0. The predicted molar refractivity (Wildman–Crippen MR) is 58.0 cm³/mol. The van der Waals surface area contributed by atoms with Crippen molar-refractivity contribution in [1.29, 1.82) is 0 Å². The Labute approximate surface area is 100 Å². The van der Waals surface area contributed by atoms with Gasteiger partial charge in [0, 0.05) is 24.4 Å². The minimum Gasteiger partial charge on any atom is -0.348 e. The summed E-state index contributed by atoms with van der Waals surface area (Å²) < 4.78 is 49.7. The summed E-state index contributed by atoms with van der Waals surface area (Å²) in [5.41, 5.74) is -0.861. The molecule has 7 heteroatoms. The zero-order valence-corrected chi connectivity index (χ0v) is 9.82. The molecule has 2 nitrogen and oxygen atoms in total. The Balaban J connectivity index is 2.09. The van der Waals surface area contributed by atoms with Crippen LogP contribution >= 0.6 is 11.3 Å². The second-order valence-corrected chi connectivity index (χ2v) is 4.96. The fraction of sp³-hybridized carbons (Fsp3) is 0.700. The predicted octanol–water partition coefficient (Wildman–Crippen LogP) is 3.35. The minimum atomic E-state index is -4.40. The lowest BCUT2D eigenvalue weighted by molar-refractivity contribution is -0.140. The number of aromatic nitrogens is 1. The van der Waals surface area contributed by atoms with E-state index in [2.05, 4.69) is 4.98 Å². The first-order valence-corrected chi connectivity index (χ1v) is 6.22. The van der Waals surface area contributed by atoms with E-state index in [1.807, 2.05) is 0 Å². The normalized spacial score (nSPS) is 21.9. The molecule has 0 saturated carbocycles. The maximum atomic E-state index is 12.5. The van der Waals surface area contributed by atoms with E-state index in [1.54, 1.807) is 4.90 Å². The summed E-state index contributed by atoms with van der Waals surface area (Å²) in [6, 6.07) is 0. The average molecular weight is 268 g/mol. The van der Waals surface area contributed by atoms with Crippen LogP contribution in [0.15, 0.2) is 5.38 Å². The average Bonchev–Trinajstić information content (AvgIpc) is 2.78. The Morgan fingerprint density at radius 1 is 1.47 bits per heavy atom. The molecule has 0 amide bonds. The van der Waals surface area contributed by atoms with Gasteiger partial charge in [-0.25, -0.2) is 4.98 Å². The molecule has 1 aliphatic heterocycles. The maximum Gasteiger partial charge on any atom is 0.434 e. The highest BCUT2D eigenvalue weighted by Crippen LogP contribution is 2.34. The van der Waals surface area contributed by atoms with Gasteiger partial charge in [-0.2, -0.15) is 13.2 Å². The third kappa shape index (κ3) is 2.88. The van der Waals surface area contributed by atoms with Gasteiger partial charge < -0.3 is 4.90 Å². The molecule has 1 aliphatic rings. The van der Waals surface area contributed by atoms with E-state index in [0.717, 1.165) is 29.6 Å². The summed E-state index contributed by atoms with van der Waals surface area (Å²) in [5, 5.41) is 1.35. The summed E-state index contributed by atoms with van der Waals surface area (Å²) in [6.45, 7) is 0.691. The number of nitrogens with zero attached hydrogens (tertiary/aromatic N) is 2. The molecule has 1 aromatic heterocycles. The summed E-state index contributed by atoms with van der Waals surface area (Å²) in [4.78, 5) is 5.31. The zero-order chi connectivity index (χ0) is 12.5. The molecule has 2 rings (SSSR count). The SMILES string of the molecule is FCC1CCCN(c2nc(C(F)(F)F)cs2)C1. The molecule has 1 atom stereocenters. The van der Waals surface area contributed by atoms with Crippen LogP contribution in [0.3, 0.4) is 0 Å². The molecule has 0 aromatic carbocycles. The topological polar surface area (TPSA) is 16.1 Å². The molecule has 96 valence electrons. The fourth-order valence-corrected chi connectivity index (χ4v) is 2.77. The highest BCUT2D eigenvalue weighted by Gasteiger charge is 2.34. The van der Waals surface area contributed by atoms with Crippen LogP contribution in [0.1, 0.15) is 18.5 Å². The van der Waals surface area contributed by atoms with Crippen molar-refractivity contribution in [2.24, 2.45) is 5.92 Å². The third-order valence-electron chi connectivity index (χ3n) is 2.79. The number of rotatable bonds is 2. The third-order valence-corrected chi connectivity index (χ3v) is 3.69. The number of piperidine rings is 1. The van der Waals surface area contributed by atoms with Crippen LogP contribution in [-0.2, 0) is 6.18 Å². The molecular weight excluding hydrogens is 256 g/mol. The Morgan fingerprint density at radius 2 is 2.24 bits per heavy atom. The first-order valence-electron chi connectivity index (χ1n) is 5.34. The molecule has 0 bridgehead atoms. The van der Waals surface area contributed by atoms with Crippen LogP contribution in [0.5, 0.6) is 0 Å². The van der Waals surface area contributed by atoms with Crippen molar-refractivity contribution in [2.45, 2.75) is 19.0 Å². The van der Waals surface area contributed by atoms with Gasteiger partial charge >= 0.3 is 6.18 Å². The number of hydrogen-bond donors (Lipinski definition) is 0. The van der Waals surface area contributed by atoms with Crippen molar-refractivity contribution < 1.29 is 17.6 Å². The zero-order valence-electron chi connectivity index (χ0n) is 9.00. The summed E-state index contributed by atoms with van der Waals surface area (Å²) in [6.07, 6.45) is -2.80. The van der Waals surface area contributed by atoms with Gasteiger partial charge in [0.25, 0.3) is 0 Å².